The van der Waals surface area contributed by atoms with Gasteiger partial charge in [-0.15, -0.1) is 0 Å². The Labute approximate surface area is 201 Å². The number of carbonyl (C=O) groups excluding carboxylic acids is 1. The minimum Gasteiger partial charge on any atom is -0.482 e. The second-order valence-corrected chi connectivity index (χ2v) is 11.4. The van der Waals surface area contributed by atoms with Gasteiger partial charge in [0.15, 0.2) is 0 Å². The number of piperidine rings is 2. The van der Waals surface area contributed by atoms with Crippen molar-refractivity contribution >= 4 is 6.09 Å². The molecular formula is C27H36N4O3. The van der Waals surface area contributed by atoms with Crippen molar-refractivity contribution in [3.63, 3.8) is 0 Å². The van der Waals surface area contributed by atoms with Crippen molar-refractivity contribution in [2.75, 3.05) is 26.2 Å². The number of rotatable bonds is 3. The molecule has 4 heterocycles. The SMILES string of the molecule is Cc1ccc2c(c1)OC1(CCN(C(=O)OCC3CC3)CC1)c1cn([C@@H]3CCNC(C)(C)C3)nc1-2. The van der Waals surface area contributed by atoms with Gasteiger partial charge >= 0.3 is 6.09 Å². The summed E-state index contributed by atoms with van der Waals surface area (Å²) in [6, 6.07) is 6.77. The Morgan fingerprint density at radius 1 is 1.24 bits per heavy atom. The first-order valence-electron chi connectivity index (χ1n) is 12.9. The molecule has 34 heavy (non-hydrogen) atoms. The van der Waals surface area contributed by atoms with Crippen molar-refractivity contribution in [2.24, 2.45) is 5.92 Å². The lowest BCUT2D eigenvalue weighted by Crippen LogP contribution is -2.49. The second kappa shape index (κ2) is 8.01. The van der Waals surface area contributed by atoms with Crippen molar-refractivity contribution < 1.29 is 14.3 Å². The van der Waals surface area contributed by atoms with Crippen LogP contribution >= 0.6 is 0 Å². The van der Waals surface area contributed by atoms with Gasteiger partial charge in [-0.3, -0.25) is 4.68 Å². The molecule has 1 spiro atoms. The minimum atomic E-state index is -0.454. The highest BCUT2D eigenvalue weighted by Crippen LogP contribution is 2.50. The first-order valence-corrected chi connectivity index (χ1v) is 12.9. The van der Waals surface area contributed by atoms with Crippen LogP contribution in [0.2, 0.25) is 0 Å². The fraction of sp³-hybridized carbons (Fsp3) is 0.630. The molecule has 7 heteroatoms. The molecule has 0 radical (unpaired) electrons. The lowest BCUT2D eigenvalue weighted by molar-refractivity contribution is -0.00609. The fourth-order valence-electron chi connectivity index (χ4n) is 5.84. The molecule has 1 atom stereocenters. The molecular weight excluding hydrogens is 428 g/mol. The highest BCUT2D eigenvalue weighted by atomic mass is 16.6. The Morgan fingerprint density at radius 2 is 2.03 bits per heavy atom. The largest absolute Gasteiger partial charge is 0.482 e. The van der Waals surface area contributed by atoms with Crippen LogP contribution in [0.15, 0.2) is 24.4 Å². The molecule has 0 bridgehead atoms. The predicted octanol–water partition coefficient (Wildman–Crippen LogP) is 4.79. The molecule has 1 N–H and O–H groups in total. The molecule has 4 aliphatic rings. The Balaban J connectivity index is 1.30. The maximum Gasteiger partial charge on any atom is 0.409 e. The topological polar surface area (TPSA) is 68.6 Å². The van der Waals surface area contributed by atoms with Crippen molar-refractivity contribution in [1.29, 1.82) is 0 Å². The molecule has 7 nitrogen and oxygen atoms in total. The molecule has 182 valence electrons. The van der Waals surface area contributed by atoms with Crippen LogP contribution in [0.4, 0.5) is 4.79 Å². The summed E-state index contributed by atoms with van der Waals surface area (Å²) < 4.78 is 14.5. The van der Waals surface area contributed by atoms with Crippen LogP contribution in [0.25, 0.3) is 11.3 Å². The Kier molecular flexibility index (Phi) is 5.17. The number of ether oxygens (including phenoxy) is 2. The summed E-state index contributed by atoms with van der Waals surface area (Å²) in [6.07, 6.45) is 8.04. The molecule has 1 amide bonds. The zero-order chi connectivity index (χ0) is 23.5. The number of amides is 1. The predicted molar refractivity (Wildman–Crippen MR) is 130 cm³/mol. The van der Waals surface area contributed by atoms with Crippen LogP contribution in [0.1, 0.15) is 69.5 Å². The molecule has 1 aliphatic carbocycles. The summed E-state index contributed by atoms with van der Waals surface area (Å²) in [5, 5.41) is 8.79. The summed E-state index contributed by atoms with van der Waals surface area (Å²) >= 11 is 0. The molecule has 0 unspecified atom stereocenters. The van der Waals surface area contributed by atoms with E-state index in [1.807, 2.05) is 4.90 Å². The van der Waals surface area contributed by atoms with E-state index in [1.54, 1.807) is 0 Å². The number of aryl methyl sites for hydroxylation is 1. The van der Waals surface area contributed by atoms with Crippen LogP contribution in [-0.4, -0.2) is 52.6 Å². The number of hydrogen-bond acceptors (Lipinski definition) is 5. The molecule has 3 fully saturated rings. The van der Waals surface area contributed by atoms with E-state index in [1.165, 1.54) is 24.0 Å². The summed E-state index contributed by atoms with van der Waals surface area (Å²) in [4.78, 5) is 14.5. The van der Waals surface area contributed by atoms with Gasteiger partial charge in [-0.2, -0.15) is 5.10 Å². The van der Waals surface area contributed by atoms with Gasteiger partial charge in [-0.25, -0.2) is 4.79 Å². The fourth-order valence-corrected chi connectivity index (χ4v) is 5.84. The van der Waals surface area contributed by atoms with Gasteiger partial charge in [0, 0.05) is 48.8 Å². The van der Waals surface area contributed by atoms with E-state index < -0.39 is 5.60 Å². The number of nitrogens with zero attached hydrogens (tertiary/aromatic N) is 3. The third-order valence-corrected chi connectivity index (χ3v) is 8.09. The standard InChI is InChI=1S/C27H36N4O3/c1-18-4-7-21-23(14-18)34-27(9-12-30(13-10-27)25(32)33-17-19-5-6-19)22-16-31(29-24(21)22)20-8-11-28-26(2,3)15-20/h4,7,14,16,19-20,28H,5-6,8-13,15,17H2,1-3H3/t20-/m1/s1. The van der Waals surface area contributed by atoms with E-state index >= 15 is 0 Å². The number of hydrogen-bond donors (Lipinski definition) is 1. The first-order chi connectivity index (χ1) is 16.3. The van der Waals surface area contributed by atoms with E-state index in [0.29, 0.717) is 31.7 Å². The molecule has 1 aromatic heterocycles. The molecule has 2 saturated heterocycles. The van der Waals surface area contributed by atoms with Gasteiger partial charge in [0.25, 0.3) is 0 Å². The molecule has 2 aromatic rings. The summed E-state index contributed by atoms with van der Waals surface area (Å²) in [6.45, 7) is 9.46. The Bertz CT molecular complexity index is 1100. The third kappa shape index (κ3) is 3.98. The minimum absolute atomic E-state index is 0.102. The molecule has 6 rings (SSSR count). The molecule has 1 saturated carbocycles. The van der Waals surface area contributed by atoms with Crippen molar-refractivity contribution in [3.8, 4) is 17.0 Å². The zero-order valence-electron chi connectivity index (χ0n) is 20.6. The van der Waals surface area contributed by atoms with Crippen LogP contribution in [-0.2, 0) is 10.3 Å². The second-order valence-electron chi connectivity index (χ2n) is 11.4. The Morgan fingerprint density at radius 3 is 2.76 bits per heavy atom. The van der Waals surface area contributed by atoms with Gasteiger partial charge < -0.3 is 19.7 Å². The smallest absolute Gasteiger partial charge is 0.409 e. The monoisotopic (exact) mass is 464 g/mol. The van der Waals surface area contributed by atoms with E-state index in [4.69, 9.17) is 14.6 Å². The lowest BCUT2D eigenvalue weighted by atomic mass is 9.81. The maximum absolute atomic E-state index is 12.6. The lowest BCUT2D eigenvalue weighted by Gasteiger charge is -2.43. The average molecular weight is 465 g/mol. The van der Waals surface area contributed by atoms with E-state index in [-0.39, 0.29) is 11.6 Å². The van der Waals surface area contributed by atoms with Crippen LogP contribution in [0, 0.1) is 12.8 Å². The van der Waals surface area contributed by atoms with E-state index in [9.17, 15) is 4.79 Å². The number of fused-ring (bicyclic) bond motifs is 4. The number of likely N-dealkylation sites (tertiary alicyclic amines) is 1. The van der Waals surface area contributed by atoms with Gasteiger partial charge in [-0.1, -0.05) is 6.07 Å². The summed E-state index contributed by atoms with van der Waals surface area (Å²) in [5.74, 6) is 1.49. The van der Waals surface area contributed by atoms with Gasteiger partial charge in [0.1, 0.15) is 17.0 Å². The van der Waals surface area contributed by atoms with Crippen LogP contribution in [0.5, 0.6) is 5.75 Å². The van der Waals surface area contributed by atoms with Crippen LogP contribution in [0.3, 0.4) is 0 Å². The average Bonchev–Trinajstić information content (AvgIpc) is 3.52. The number of carbonyl (C=O) groups is 1. The molecule has 1 aromatic carbocycles. The first kappa shape index (κ1) is 22.0. The van der Waals surface area contributed by atoms with Crippen molar-refractivity contribution in [3.05, 3.63) is 35.5 Å². The molecule has 3 aliphatic heterocycles. The third-order valence-electron chi connectivity index (χ3n) is 8.09. The number of nitrogens with one attached hydrogen (secondary N) is 1. The number of aromatic nitrogens is 2. The van der Waals surface area contributed by atoms with Gasteiger partial charge in [-0.05, 0) is 76.6 Å². The Hall–Kier alpha value is -2.54. The zero-order valence-corrected chi connectivity index (χ0v) is 20.6. The van der Waals surface area contributed by atoms with Crippen LogP contribution < -0.4 is 10.1 Å². The highest BCUT2D eigenvalue weighted by Gasteiger charge is 2.47. The quantitative estimate of drug-likeness (QED) is 0.707. The summed E-state index contributed by atoms with van der Waals surface area (Å²) in [5.41, 5.74) is 4.12. The highest BCUT2D eigenvalue weighted by molar-refractivity contribution is 5.74. The van der Waals surface area contributed by atoms with Crippen molar-refractivity contribution in [2.45, 2.75) is 76.5 Å². The van der Waals surface area contributed by atoms with E-state index in [0.717, 1.165) is 49.2 Å². The normalized spacial score (nSPS) is 24.8. The number of benzene rings is 1. The van der Waals surface area contributed by atoms with Crippen molar-refractivity contribution in [1.82, 2.24) is 20.0 Å². The van der Waals surface area contributed by atoms with Gasteiger partial charge in [0.2, 0.25) is 0 Å². The van der Waals surface area contributed by atoms with E-state index in [2.05, 4.69) is 55.2 Å². The summed E-state index contributed by atoms with van der Waals surface area (Å²) in [7, 11) is 0. The maximum atomic E-state index is 12.6. The van der Waals surface area contributed by atoms with Gasteiger partial charge in [0.05, 0.1) is 12.6 Å².